The van der Waals surface area contributed by atoms with Gasteiger partial charge in [-0.05, 0) is 56.7 Å². The predicted molar refractivity (Wildman–Crippen MR) is 117 cm³/mol. The monoisotopic (exact) mass is 404 g/mol. The number of hydrogen-bond acceptors (Lipinski definition) is 4. The number of hydrazone groups is 1. The van der Waals surface area contributed by atoms with Gasteiger partial charge in [0, 0.05) is 22.5 Å². The van der Waals surface area contributed by atoms with Crippen molar-refractivity contribution in [3.05, 3.63) is 88.2 Å². The van der Waals surface area contributed by atoms with E-state index >= 15 is 0 Å². The fourth-order valence-electron chi connectivity index (χ4n) is 3.05. The largest absolute Gasteiger partial charge is 0.496 e. The van der Waals surface area contributed by atoms with Crippen molar-refractivity contribution in [1.29, 1.82) is 0 Å². The summed E-state index contributed by atoms with van der Waals surface area (Å²) in [5, 5.41) is 4.06. The Morgan fingerprint density at radius 3 is 2.43 bits per heavy atom. The summed E-state index contributed by atoms with van der Waals surface area (Å²) in [5.74, 6) is -0.0838. The molecule has 0 unspecified atom stereocenters. The Morgan fingerprint density at radius 1 is 1.00 bits per heavy atom. The van der Waals surface area contributed by atoms with Gasteiger partial charge in [-0.15, -0.1) is 0 Å². The predicted octanol–water partition coefficient (Wildman–Crippen LogP) is 3.57. The van der Waals surface area contributed by atoms with E-state index in [1.807, 2.05) is 51.1 Å². The van der Waals surface area contributed by atoms with E-state index in [1.54, 1.807) is 35.2 Å². The van der Waals surface area contributed by atoms with E-state index < -0.39 is 0 Å². The summed E-state index contributed by atoms with van der Waals surface area (Å²) in [6.45, 7) is 5.67. The minimum atomic E-state index is -0.366. The fraction of sp³-hybridized carbons (Fsp3) is 0.174. The Balaban J connectivity index is 1.72. The van der Waals surface area contributed by atoms with E-state index in [1.165, 1.54) is 7.11 Å². The molecule has 3 rings (SSSR count). The number of aromatic nitrogens is 1. The van der Waals surface area contributed by atoms with Gasteiger partial charge in [0.2, 0.25) is 0 Å². The lowest BCUT2D eigenvalue weighted by molar-refractivity contribution is 0.0951. The van der Waals surface area contributed by atoms with Crippen LogP contribution in [0.4, 0.5) is 0 Å². The Hall–Kier alpha value is -3.87. The van der Waals surface area contributed by atoms with Gasteiger partial charge in [-0.25, -0.2) is 5.43 Å². The second kappa shape index (κ2) is 9.09. The van der Waals surface area contributed by atoms with Crippen LogP contribution in [0.25, 0.3) is 0 Å². The third-order valence-electron chi connectivity index (χ3n) is 4.69. The minimum Gasteiger partial charge on any atom is -0.496 e. The maximum absolute atomic E-state index is 12.4. The standard InChI is InChI=1S/C23H24N4O3/c1-15-10-11-20(21(12-15)30-4)23(29)25-24-14-19-13-16(2)27(17(19)3)26-22(28)18-8-6-5-7-9-18/h5-14H,1-4H3,(H,25,29)(H,26,28)/b24-14-. The first-order valence-corrected chi connectivity index (χ1v) is 9.44. The third kappa shape index (κ3) is 4.57. The van der Waals surface area contributed by atoms with Gasteiger partial charge < -0.3 is 4.74 Å². The molecule has 0 spiro atoms. The summed E-state index contributed by atoms with van der Waals surface area (Å²) in [7, 11) is 1.52. The molecule has 0 aliphatic heterocycles. The van der Waals surface area contributed by atoms with E-state index in [0.717, 1.165) is 22.5 Å². The van der Waals surface area contributed by atoms with E-state index in [9.17, 15) is 9.59 Å². The van der Waals surface area contributed by atoms with Crippen molar-refractivity contribution in [2.24, 2.45) is 5.10 Å². The lowest BCUT2D eigenvalue weighted by Crippen LogP contribution is -2.24. The van der Waals surface area contributed by atoms with Crippen molar-refractivity contribution < 1.29 is 14.3 Å². The molecule has 3 aromatic rings. The molecule has 0 saturated heterocycles. The van der Waals surface area contributed by atoms with Gasteiger partial charge in [-0.1, -0.05) is 24.3 Å². The number of nitrogens with one attached hydrogen (secondary N) is 2. The molecule has 0 atom stereocenters. The van der Waals surface area contributed by atoms with Crippen LogP contribution in [-0.2, 0) is 0 Å². The number of aryl methyl sites for hydroxylation is 2. The number of hydrogen-bond donors (Lipinski definition) is 2. The fourth-order valence-corrected chi connectivity index (χ4v) is 3.05. The summed E-state index contributed by atoms with van der Waals surface area (Å²) in [4.78, 5) is 24.9. The molecule has 7 heteroatoms. The molecule has 1 aromatic heterocycles. The molecule has 0 radical (unpaired) electrons. The maximum Gasteiger partial charge on any atom is 0.275 e. The minimum absolute atomic E-state index is 0.208. The van der Waals surface area contributed by atoms with Gasteiger partial charge in [-0.3, -0.25) is 19.7 Å². The van der Waals surface area contributed by atoms with Crippen LogP contribution in [0.1, 0.15) is 43.2 Å². The molecule has 7 nitrogen and oxygen atoms in total. The second-order valence-electron chi connectivity index (χ2n) is 6.87. The Kier molecular flexibility index (Phi) is 6.32. The van der Waals surface area contributed by atoms with Crippen molar-refractivity contribution in [2.75, 3.05) is 12.5 Å². The molecule has 154 valence electrons. The van der Waals surface area contributed by atoms with Gasteiger partial charge in [-0.2, -0.15) is 5.10 Å². The highest BCUT2D eigenvalue weighted by atomic mass is 16.5. The summed E-state index contributed by atoms with van der Waals surface area (Å²) < 4.78 is 6.96. The molecule has 0 aliphatic rings. The summed E-state index contributed by atoms with van der Waals surface area (Å²) in [6, 6.07) is 16.2. The Bertz CT molecular complexity index is 1100. The highest BCUT2D eigenvalue weighted by Crippen LogP contribution is 2.19. The summed E-state index contributed by atoms with van der Waals surface area (Å²) in [5.41, 5.74) is 9.77. The van der Waals surface area contributed by atoms with Gasteiger partial charge >= 0.3 is 0 Å². The molecule has 2 amide bonds. The van der Waals surface area contributed by atoms with Crippen molar-refractivity contribution in [2.45, 2.75) is 20.8 Å². The molecule has 1 heterocycles. The number of amides is 2. The molecule has 30 heavy (non-hydrogen) atoms. The normalized spacial score (nSPS) is 10.8. The van der Waals surface area contributed by atoms with Crippen LogP contribution >= 0.6 is 0 Å². The van der Waals surface area contributed by atoms with Crippen LogP contribution in [0, 0.1) is 20.8 Å². The van der Waals surface area contributed by atoms with E-state index in [4.69, 9.17) is 4.74 Å². The van der Waals surface area contributed by atoms with Crippen molar-refractivity contribution >= 4 is 18.0 Å². The first-order chi connectivity index (χ1) is 14.4. The quantitative estimate of drug-likeness (QED) is 0.487. The second-order valence-corrected chi connectivity index (χ2v) is 6.87. The lowest BCUT2D eigenvalue weighted by atomic mass is 10.1. The number of methoxy groups -OCH3 is 1. The topological polar surface area (TPSA) is 84.7 Å². The van der Waals surface area contributed by atoms with Gasteiger partial charge in [0.05, 0.1) is 18.9 Å². The number of nitrogens with zero attached hydrogens (tertiary/aromatic N) is 2. The summed E-state index contributed by atoms with van der Waals surface area (Å²) in [6.07, 6.45) is 1.55. The molecule has 0 bridgehead atoms. The summed E-state index contributed by atoms with van der Waals surface area (Å²) >= 11 is 0. The van der Waals surface area contributed by atoms with Crippen LogP contribution in [0.15, 0.2) is 59.7 Å². The van der Waals surface area contributed by atoms with Gasteiger partial charge in [0.1, 0.15) is 5.75 Å². The third-order valence-corrected chi connectivity index (χ3v) is 4.69. The van der Waals surface area contributed by atoms with Gasteiger partial charge in [0.25, 0.3) is 11.8 Å². The Morgan fingerprint density at radius 2 is 1.73 bits per heavy atom. The molecule has 2 aromatic carbocycles. The highest BCUT2D eigenvalue weighted by molar-refractivity contribution is 6.00. The first-order valence-electron chi connectivity index (χ1n) is 9.44. The first kappa shape index (κ1) is 20.9. The number of ether oxygens (including phenoxy) is 1. The SMILES string of the molecule is COc1cc(C)ccc1C(=O)N/N=C\c1cc(C)n(NC(=O)c2ccccc2)c1C. The molecule has 0 fully saturated rings. The van der Waals surface area contributed by atoms with Crippen LogP contribution < -0.4 is 15.6 Å². The Labute approximate surface area is 175 Å². The lowest BCUT2D eigenvalue weighted by Gasteiger charge is -2.11. The van der Waals surface area contributed by atoms with Gasteiger partial charge in [0.15, 0.2) is 0 Å². The van der Waals surface area contributed by atoms with E-state index in [0.29, 0.717) is 16.9 Å². The van der Waals surface area contributed by atoms with Crippen LogP contribution in [0.3, 0.4) is 0 Å². The molecular formula is C23H24N4O3. The van der Waals surface area contributed by atoms with Crippen molar-refractivity contribution in [1.82, 2.24) is 10.1 Å². The smallest absolute Gasteiger partial charge is 0.275 e. The van der Waals surface area contributed by atoms with Crippen molar-refractivity contribution in [3.63, 3.8) is 0 Å². The zero-order valence-electron chi connectivity index (χ0n) is 17.4. The molecule has 2 N–H and O–H groups in total. The van der Waals surface area contributed by atoms with E-state index in [-0.39, 0.29) is 11.8 Å². The molecule has 0 saturated carbocycles. The number of carbonyl (C=O) groups is 2. The maximum atomic E-state index is 12.4. The molecular weight excluding hydrogens is 380 g/mol. The van der Waals surface area contributed by atoms with Crippen LogP contribution in [-0.4, -0.2) is 29.8 Å². The van der Waals surface area contributed by atoms with E-state index in [2.05, 4.69) is 16.0 Å². The molecule has 0 aliphatic carbocycles. The van der Waals surface area contributed by atoms with Crippen LogP contribution in [0.2, 0.25) is 0 Å². The van der Waals surface area contributed by atoms with Crippen molar-refractivity contribution in [3.8, 4) is 5.75 Å². The van der Waals surface area contributed by atoms with Crippen LogP contribution in [0.5, 0.6) is 5.75 Å². The highest BCUT2D eigenvalue weighted by Gasteiger charge is 2.13. The average Bonchev–Trinajstić information content (AvgIpc) is 3.01. The number of rotatable bonds is 6. The number of carbonyl (C=O) groups excluding carboxylic acids is 2. The zero-order chi connectivity index (χ0) is 21.7. The number of benzene rings is 2. The zero-order valence-corrected chi connectivity index (χ0v) is 17.4. The average molecular weight is 404 g/mol.